The molecule has 0 aromatic rings. The molecule has 2 unspecified atom stereocenters. The summed E-state index contributed by atoms with van der Waals surface area (Å²) in [5, 5.41) is 0. The molecule has 2 fully saturated rings. The number of rotatable bonds is 6. The molecule has 3 heteroatoms. The molecule has 2 rings (SSSR count). The second kappa shape index (κ2) is 5.28. The van der Waals surface area contributed by atoms with Crippen LogP contribution in [0.2, 0.25) is 0 Å². The van der Waals surface area contributed by atoms with Crippen molar-refractivity contribution >= 4 is 0 Å². The van der Waals surface area contributed by atoms with E-state index in [9.17, 15) is 0 Å². The minimum atomic E-state index is 0.453. The van der Waals surface area contributed by atoms with E-state index in [1.807, 2.05) is 0 Å². The third-order valence-corrected chi connectivity index (χ3v) is 3.83. The Bertz CT molecular complexity index is 194. The maximum absolute atomic E-state index is 6.12. The maximum Gasteiger partial charge on any atom is 0.0589 e. The van der Waals surface area contributed by atoms with E-state index < -0.39 is 0 Å². The van der Waals surface area contributed by atoms with Gasteiger partial charge in [0, 0.05) is 32.3 Å². The number of nitrogens with zero attached hydrogens (tertiary/aromatic N) is 1. The van der Waals surface area contributed by atoms with Crippen LogP contribution in [0.5, 0.6) is 0 Å². The van der Waals surface area contributed by atoms with Gasteiger partial charge in [-0.05, 0) is 31.6 Å². The zero-order valence-corrected chi connectivity index (χ0v) is 9.82. The molecule has 0 aromatic carbocycles. The van der Waals surface area contributed by atoms with Crippen molar-refractivity contribution in [1.82, 2.24) is 4.90 Å². The van der Waals surface area contributed by atoms with Gasteiger partial charge < -0.3 is 10.5 Å². The first-order valence-electron chi connectivity index (χ1n) is 6.30. The van der Waals surface area contributed by atoms with Gasteiger partial charge in [-0.2, -0.15) is 0 Å². The van der Waals surface area contributed by atoms with Crippen LogP contribution in [0.25, 0.3) is 0 Å². The first kappa shape index (κ1) is 11.4. The van der Waals surface area contributed by atoms with Crippen LogP contribution in [-0.2, 0) is 4.74 Å². The van der Waals surface area contributed by atoms with Crippen molar-refractivity contribution in [1.29, 1.82) is 0 Å². The largest absolute Gasteiger partial charge is 0.383 e. The summed E-state index contributed by atoms with van der Waals surface area (Å²) < 4.78 is 5.17. The SMILES string of the molecule is COCCN(CC1CCCC1N)C1CC1. The Morgan fingerprint density at radius 3 is 2.60 bits per heavy atom. The van der Waals surface area contributed by atoms with Crippen molar-refractivity contribution < 1.29 is 4.74 Å². The average Bonchev–Trinajstić information content (AvgIpc) is 2.99. The van der Waals surface area contributed by atoms with E-state index in [0.717, 1.165) is 25.1 Å². The Morgan fingerprint density at radius 2 is 2.07 bits per heavy atom. The molecule has 2 aliphatic carbocycles. The fraction of sp³-hybridized carbons (Fsp3) is 1.00. The Labute approximate surface area is 93.0 Å². The molecule has 0 radical (unpaired) electrons. The second-order valence-corrected chi connectivity index (χ2v) is 5.07. The molecule has 2 atom stereocenters. The molecule has 15 heavy (non-hydrogen) atoms. The lowest BCUT2D eigenvalue weighted by atomic mass is 10.0. The molecular weight excluding hydrogens is 188 g/mol. The minimum absolute atomic E-state index is 0.453. The molecule has 88 valence electrons. The van der Waals surface area contributed by atoms with E-state index in [4.69, 9.17) is 10.5 Å². The van der Waals surface area contributed by atoms with Gasteiger partial charge in [0.2, 0.25) is 0 Å². The Morgan fingerprint density at radius 1 is 1.27 bits per heavy atom. The van der Waals surface area contributed by atoms with Crippen LogP contribution in [0.1, 0.15) is 32.1 Å². The summed E-state index contributed by atoms with van der Waals surface area (Å²) in [5.74, 6) is 0.738. The number of hydrogen-bond acceptors (Lipinski definition) is 3. The van der Waals surface area contributed by atoms with E-state index in [0.29, 0.717) is 6.04 Å². The van der Waals surface area contributed by atoms with E-state index in [2.05, 4.69) is 4.90 Å². The summed E-state index contributed by atoms with van der Waals surface area (Å²) in [6.45, 7) is 3.15. The fourth-order valence-corrected chi connectivity index (χ4v) is 2.66. The highest BCUT2D eigenvalue weighted by molar-refractivity contribution is 4.89. The molecule has 2 saturated carbocycles. The Hall–Kier alpha value is -0.120. The van der Waals surface area contributed by atoms with Gasteiger partial charge in [0.15, 0.2) is 0 Å². The molecule has 2 aliphatic rings. The van der Waals surface area contributed by atoms with Gasteiger partial charge in [-0.3, -0.25) is 4.90 Å². The van der Waals surface area contributed by atoms with Crippen molar-refractivity contribution in [3.63, 3.8) is 0 Å². The van der Waals surface area contributed by atoms with Crippen molar-refractivity contribution in [3.05, 3.63) is 0 Å². The van der Waals surface area contributed by atoms with E-state index >= 15 is 0 Å². The van der Waals surface area contributed by atoms with Crippen LogP contribution in [-0.4, -0.2) is 43.8 Å². The second-order valence-electron chi connectivity index (χ2n) is 5.07. The summed E-state index contributed by atoms with van der Waals surface area (Å²) in [7, 11) is 1.78. The minimum Gasteiger partial charge on any atom is -0.383 e. The highest BCUT2D eigenvalue weighted by atomic mass is 16.5. The zero-order chi connectivity index (χ0) is 10.7. The summed E-state index contributed by atoms with van der Waals surface area (Å²) >= 11 is 0. The molecule has 0 aromatic heterocycles. The lowest BCUT2D eigenvalue weighted by Gasteiger charge is -2.27. The predicted octanol–water partition coefficient (Wildman–Crippen LogP) is 1.22. The third-order valence-electron chi connectivity index (χ3n) is 3.83. The Kier molecular flexibility index (Phi) is 4.00. The predicted molar refractivity (Wildman–Crippen MR) is 61.8 cm³/mol. The molecule has 0 bridgehead atoms. The summed E-state index contributed by atoms with van der Waals surface area (Å²) in [5.41, 5.74) is 6.12. The van der Waals surface area contributed by atoms with Crippen LogP contribution in [0.3, 0.4) is 0 Å². The smallest absolute Gasteiger partial charge is 0.0589 e. The first-order valence-corrected chi connectivity index (χ1v) is 6.30. The van der Waals surface area contributed by atoms with Crippen LogP contribution in [0, 0.1) is 5.92 Å². The van der Waals surface area contributed by atoms with Crippen molar-refractivity contribution in [2.75, 3.05) is 26.8 Å². The fourth-order valence-electron chi connectivity index (χ4n) is 2.66. The summed E-state index contributed by atoms with van der Waals surface area (Å²) in [6, 6.07) is 1.29. The van der Waals surface area contributed by atoms with Crippen molar-refractivity contribution in [2.45, 2.75) is 44.2 Å². The highest BCUT2D eigenvalue weighted by Gasteiger charge is 2.33. The lowest BCUT2D eigenvalue weighted by Crippen LogP contribution is -2.39. The van der Waals surface area contributed by atoms with E-state index in [-0.39, 0.29) is 0 Å². The van der Waals surface area contributed by atoms with Crippen LogP contribution in [0.4, 0.5) is 0 Å². The van der Waals surface area contributed by atoms with Gasteiger partial charge >= 0.3 is 0 Å². The molecule has 0 spiro atoms. The quantitative estimate of drug-likeness (QED) is 0.719. The highest BCUT2D eigenvalue weighted by Crippen LogP contribution is 2.31. The summed E-state index contributed by atoms with van der Waals surface area (Å²) in [4.78, 5) is 2.60. The molecule has 0 saturated heterocycles. The van der Waals surface area contributed by atoms with E-state index in [1.165, 1.54) is 38.6 Å². The summed E-state index contributed by atoms with van der Waals surface area (Å²) in [6.07, 6.45) is 6.65. The van der Waals surface area contributed by atoms with Gasteiger partial charge in [-0.25, -0.2) is 0 Å². The Balaban J connectivity index is 1.77. The van der Waals surface area contributed by atoms with Gasteiger partial charge in [0.25, 0.3) is 0 Å². The van der Waals surface area contributed by atoms with Crippen LogP contribution >= 0.6 is 0 Å². The van der Waals surface area contributed by atoms with E-state index in [1.54, 1.807) is 7.11 Å². The molecule has 0 amide bonds. The molecule has 0 aliphatic heterocycles. The molecule has 2 N–H and O–H groups in total. The van der Waals surface area contributed by atoms with Crippen LogP contribution < -0.4 is 5.73 Å². The first-order chi connectivity index (χ1) is 7.31. The molecule has 3 nitrogen and oxygen atoms in total. The topological polar surface area (TPSA) is 38.5 Å². The van der Waals surface area contributed by atoms with Gasteiger partial charge in [0.05, 0.1) is 6.61 Å². The number of ether oxygens (including phenoxy) is 1. The number of nitrogens with two attached hydrogens (primary N) is 1. The van der Waals surface area contributed by atoms with Gasteiger partial charge in [0.1, 0.15) is 0 Å². The molecule has 0 heterocycles. The van der Waals surface area contributed by atoms with Crippen LogP contribution in [0.15, 0.2) is 0 Å². The number of hydrogen-bond donors (Lipinski definition) is 1. The normalized spacial score (nSPS) is 31.4. The van der Waals surface area contributed by atoms with Gasteiger partial charge in [-0.15, -0.1) is 0 Å². The van der Waals surface area contributed by atoms with Crippen molar-refractivity contribution in [3.8, 4) is 0 Å². The maximum atomic E-state index is 6.12. The lowest BCUT2D eigenvalue weighted by molar-refractivity contribution is 0.130. The zero-order valence-electron chi connectivity index (χ0n) is 9.82. The van der Waals surface area contributed by atoms with Crippen molar-refractivity contribution in [2.24, 2.45) is 11.7 Å². The third kappa shape index (κ3) is 3.16. The standard InChI is InChI=1S/C12H24N2O/c1-15-8-7-14(11-5-6-11)9-10-3-2-4-12(10)13/h10-12H,2-9,13H2,1H3. The monoisotopic (exact) mass is 212 g/mol. The van der Waals surface area contributed by atoms with Gasteiger partial charge in [-0.1, -0.05) is 6.42 Å². The number of methoxy groups -OCH3 is 1. The molecular formula is C12H24N2O. The average molecular weight is 212 g/mol.